The molecule has 4 aromatic heterocycles. The van der Waals surface area contributed by atoms with Crippen molar-refractivity contribution >= 4 is 48.7 Å². The third-order valence-corrected chi connectivity index (χ3v) is 12.7. The van der Waals surface area contributed by atoms with Gasteiger partial charge in [-0.15, -0.1) is 0 Å². The van der Waals surface area contributed by atoms with Gasteiger partial charge in [0.1, 0.15) is 23.0 Å². The predicted octanol–water partition coefficient (Wildman–Crippen LogP) is 12.8. The van der Waals surface area contributed by atoms with Crippen molar-refractivity contribution in [3.05, 3.63) is 103 Å². The highest BCUT2D eigenvalue weighted by Gasteiger charge is 2.48. The number of hydrogen-bond donors (Lipinski definition) is 0. The molecule has 4 heterocycles. The van der Waals surface area contributed by atoms with E-state index in [0.717, 1.165) is 65.9 Å². The molecule has 0 bridgehead atoms. The van der Waals surface area contributed by atoms with Crippen LogP contribution in [-0.2, 0) is 16.2 Å². The first-order valence-electron chi connectivity index (χ1n) is 20.9. The summed E-state index contributed by atoms with van der Waals surface area (Å²) < 4.78 is 72.3. The van der Waals surface area contributed by atoms with Gasteiger partial charge in [0.15, 0.2) is 46.0 Å². The summed E-state index contributed by atoms with van der Waals surface area (Å²) in [6.07, 6.45) is 8.49. The molecule has 336 valence electrons. The van der Waals surface area contributed by atoms with Crippen LogP contribution in [0.15, 0.2) is 97.8 Å². The van der Waals surface area contributed by atoms with E-state index in [1.165, 1.54) is 0 Å². The second-order valence-electron chi connectivity index (χ2n) is 17.6. The van der Waals surface area contributed by atoms with Gasteiger partial charge in [0.25, 0.3) is 0 Å². The normalized spacial score (nSPS) is 13.8. The molecule has 64 heavy (non-hydrogen) atoms. The Hall–Kier alpha value is -6.82. The molecule has 8 rings (SSSR count). The Morgan fingerprint density at radius 1 is 0.406 bits per heavy atom. The van der Waals surface area contributed by atoms with Crippen LogP contribution in [0.2, 0.25) is 0 Å². The SMILES string of the molecule is C=C(CC(C)(CC(C)(CC(C)(C)c1occ2cc(OC)c(OC)cc12)c1occ2cc(OC)c(OC)cc12)c1occ2cc(OC)c(OC)cc12)c1occ2cc(OC)c(OC)cc12. The fraction of sp³-hybridized carbons (Fsp3) is 0.346. The number of allylic oxidation sites excluding steroid dienone is 1. The average molecular weight is 873 g/mol. The van der Waals surface area contributed by atoms with Crippen molar-refractivity contribution in [2.45, 2.75) is 63.2 Å². The zero-order valence-electron chi connectivity index (χ0n) is 38.7. The van der Waals surface area contributed by atoms with Gasteiger partial charge in [-0.05, 0) is 73.4 Å². The Morgan fingerprint density at radius 2 is 0.719 bits per heavy atom. The van der Waals surface area contributed by atoms with Crippen LogP contribution in [-0.4, -0.2) is 56.9 Å². The van der Waals surface area contributed by atoms with Gasteiger partial charge < -0.3 is 55.6 Å². The minimum atomic E-state index is -0.795. The molecule has 2 unspecified atom stereocenters. The Balaban J connectivity index is 1.34. The molecule has 0 fully saturated rings. The summed E-state index contributed by atoms with van der Waals surface area (Å²) in [5.41, 5.74) is -1.40. The molecular weight excluding hydrogens is 817 g/mol. The maximum absolute atomic E-state index is 6.78. The number of hydrogen-bond acceptors (Lipinski definition) is 12. The van der Waals surface area contributed by atoms with Gasteiger partial charge >= 0.3 is 0 Å². The summed E-state index contributed by atoms with van der Waals surface area (Å²) >= 11 is 0. The van der Waals surface area contributed by atoms with E-state index in [0.29, 0.717) is 71.0 Å². The van der Waals surface area contributed by atoms with Crippen molar-refractivity contribution in [2.75, 3.05) is 56.9 Å². The molecule has 0 spiro atoms. The number of methoxy groups -OCH3 is 8. The van der Waals surface area contributed by atoms with Crippen molar-refractivity contribution in [3.8, 4) is 46.0 Å². The molecule has 4 aromatic carbocycles. The Kier molecular flexibility index (Phi) is 11.4. The van der Waals surface area contributed by atoms with E-state index >= 15 is 0 Å². The second-order valence-corrected chi connectivity index (χ2v) is 17.6. The van der Waals surface area contributed by atoms with E-state index in [4.69, 9.17) is 62.1 Å². The lowest BCUT2D eigenvalue weighted by molar-refractivity contribution is 0.191. The van der Waals surface area contributed by atoms with E-state index in [9.17, 15) is 0 Å². The van der Waals surface area contributed by atoms with Crippen LogP contribution >= 0.6 is 0 Å². The summed E-state index contributed by atoms with van der Waals surface area (Å²) in [5.74, 6) is 7.70. The van der Waals surface area contributed by atoms with E-state index < -0.39 is 16.2 Å². The van der Waals surface area contributed by atoms with Crippen LogP contribution < -0.4 is 37.9 Å². The molecule has 2 atom stereocenters. The van der Waals surface area contributed by atoms with Gasteiger partial charge in [-0.3, -0.25) is 0 Å². The molecule has 0 aliphatic carbocycles. The van der Waals surface area contributed by atoms with Crippen LogP contribution in [0.5, 0.6) is 46.0 Å². The highest BCUT2D eigenvalue weighted by Crippen LogP contribution is 2.55. The van der Waals surface area contributed by atoms with Crippen molar-refractivity contribution in [3.63, 3.8) is 0 Å². The van der Waals surface area contributed by atoms with E-state index in [-0.39, 0.29) is 0 Å². The first-order valence-corrected chi connectivity index (χ1v) is 20.9. The van der Waals surface area contributed by atoms with E-state index in [1.807, 2.05) is 48.5 Å². The molecular formula is C52H56O12. The first-order chi connectivity index (χ1) is 30.7. The van der Waals surface area contributed by atoms with Crippen LogP contribution in [0.3, 0.4) is 0 Å². The van der Waals surface area contributed by atoms with Gasteiger partial charge in [-0.1, -0.05) is 34.3 Å². The smallest absolute Gasteiger partial charge is 0.161 e. The minimum absolute atomic E-state index is 0.410. The Morgan fingerprint density at radius 3 is 1.12 bits per heavy atom. The molecule has 0 radical (unpaired) electrons. The number of benzene rings is 4. The van der Waals surface area contributed by atoms with Gasteiger partial charge in [0.05, 0.1) is 81.9 Å². The zero-order chi connectivity index (χ0) is 45.7. The fourth-order valence-electron chi connectivity index (χ4n) is 10.1. The molecule has 0 aliphatic heterocycles. The number of fused-ring (bicyclic) bond motifs is 4. The molecule has 0 saturated heterocycles. The highest BCUT2D eigenvalue weighted by molar-refractivity contribution is 5.95. The maximum atomic E-state index is 6.78. The summed E-state index contributed by atoms with van der Waals surface area (Å²) in [6.45, 7) is 13.5. The summed E-state index contributed by atoms with van der Waals surface area (Å²) in [7, 11) is 13.0. The Labute approximate surface area is 372 Å². The molecule has 0 aliphatic rings. The lowest BCUT2D eigenvalue weighted by Gasteiger charge is -2.42. The zero-order valence-corrected chi connectivity index (χ0v) is 38.7. The van der Waals surface area contributed by atoms with Crippen LogP contribution in [0.4, 0.5) is 0 Å². The van der Waals surface area contributed by atoms with Gasteiger partial charge in [-0.25, -0.2) is 0 Å². The van der Waals surface area contributed by atoms with Crippen molar-refractivity contribution in [2.24, 2.45) is 0 Å². The second kappa shape index (κ2) is 16.7. The topological polar surface area (TPSA) is 126 Å². The third kappa shape index (κ3) is 7.38. The lowest BCUT2D eigenvalue weighted by Crippen LogP contribution is -2.39. The number of rotatable bonds is 18. The predicted molar refractivity (Wildman–Crippen MR) is 248 cm³/mol. The molecule has 12 nitrogen and oxygen atoms in total. The molecule has 0 N–H and O–H groups in total. The summed E-state index contributed by atoms with van der Waals surface area (Å²) in [4.78, 5) is 0. The average Bonchev–Trinajstić information content (AvgIpc) is 4.11. The van der Waals surface area contributed by atoms with Gasteiger partial charge in [0.2, 0.25) is 0 Å². The standard InChI is InChI=1S/C52H56O12/c1-29(46-34-18-42(57-10)38(53-6)14-30(34)23-61-46)22-51(4,48-36-20-44(59-12)40(55-8)16-32(36)25-63-48)28-52(5,49-37-21-45(60-13)41(56-9)17-33(37)26-64-49)27-50(2,3)47-35-19-43(58-11)39(54-7)15-31(35)24-62-47/h14-21,23-26H,1,22,27-28H2,2-13H3. The quantitative estimate of drug-likeness (QED) is 0.0814. The largest absolute Gasteiger partial charge is 0.493 e. The van der Waals surface area contributed by atoms with Crippen LogP contribution in [0, 0.1) is 0 Å². The number of ether oxygens (including phenoxy) is 8. The highest BCUT2D eigenvalue weighted by atomic mass is 16.5. The van der Waals surface area contributed by atoms with Gasteiger partial charge in [-0.2, -0.15) is 0 Å². The molecule has 12 heteroatoms. The monoisotopic (exact) mass is 872 g/mol. The third-order valence-electron chi connectivity index (χ3n) is 12.7. The first kappa shape index (κ1) is 43.8. The fourth-order valence-corrected chi connectivity index (χ4v) is 10.1. The maximum Gasteiger partial charge on any atom is 0.161 e. The molecule has 0 saturated carbocycles. The van der Waals surface area contributed by atoms with Crippen molar-refractivity contribution < 1.29 is 55.6 Å². The Bertz CT molecular complexity index is 3010. The number of furan rings is 4. The summed E-state index contributed by atoms with van der Waals surface area (Å²) in [5, 5.41) is 7.02. The van der Waals surface area contributed by atoms with Crippen molar-refractivity contribution in [1.29, 1.82) is 0 Å². The lowest BCUT2D eigenvalue weighted by atomic mass is 9.61. The summed E-state index contributed by atoms with van der Waals surface area (Å²) in [6, 6.07) is 15.6. The van der Waals surface area contributed by atoms with Crippen LogP contribution in [0.1, 0.15) is 70.0 Å². The van der Waals surface area contributed by atoms with E-state index in [2.05, 4.69) is 27.7 Å². The molecule has 8 aromatic rings. The van der Waals surface area contributed by atoms with Gasteiger partial charge in [0, 0.05) is 59.3 Å². The van der Waals surface area contributed by atoms with Crippen LogP contribution in [0.25, 0.3) is 48.7 Å². The van der Waals surface area contributed by atoms with Crippen molar-refractivity contribution in [1.82, 2.24) is 0 Å². The molecule has 0 amide bonds. The minimum Gasteiger partial charge on any atom is -0.493 e. The van der Waals surface area contributed by atoms with E-state index in [1.54, 1.807) is 81.9 Å².